The van der Waals surface area contributed by atoms with Crippen molar-refractivity contribution in [2.75, 3.05) is 18.4 Å². The Morgan fingerprint density at radius 1 is 1.48 bits per heavy atom. The quantitative estimate of drug-likeness (QED) is 0.738. The molecule has 1 aliphatic rings. The number of nitrogens with zero attached hydrogens (tertiary/aromatic N) is 2. The van der Waals surface area contributed by atoms with Crippen LogP contribution in [-0.4, -0.2) is 40.7 Å². The van der Waals surface area contributed by atoms with Gasteiger partial charge in [0.25, 0.3) is 0 Å². The van der Waals surface area contributed by atoms with Crippen molar-refractivity contribution in [3.8, 4) is 0 Å². The molecule has 1 aromatic rings. The van der Waals surface area contributed by atoms with Crippen LogP contribution in [0.2, 0.25) is 0 Å². The molecule has 1 aromatic heterocycles. The fourth-order valence-electron chi connectivity index (χ4n) is 2.43. The fraction of sp³-hybridized carbons (Fsp3) is 0.643. The van der Waals surface area contributed by atoms with Crippen molar-refractivity contribution in [3.63, 3.8) is 0 Å². The predicted octanol–water partition coefficient (Wildman–Crippen LogP) is 0.517. The molecule has 0 spiro atoms. The number of hydrogen-bond donors (Lipinski definition) is 3. The van der Waals surface area contributed by atoms with E-state index >= 15 is 0 Å². The summed E-state index contributed by atoms with van der Waals surface area (Å²) in [6.07, 6.45) is 2.91. The standard InChI is InChI=1S/C14H23N5O2/c1-9(2)13(16-10(3)20)14(21)17-12-5-7-19(18-12)11-4-6-15-8-11/h5,7,9,11,13,15H,4,6,8H2,1-3H3,(H,16,20)(H,17,18,21)/t11-,13+/m0/s1. The molecule has 0 aromatic carbocycles. The van der Waals surface area contributed by atoms with Crippen LogP contribution in [0.3, 0.4) is 0 Å². The monoisotopic (exact) mass is 293 g/mol. The topological polar surface area (TPSA) is 88.0 Å². The van der Waals surface area contributed by atoms with E-state index in [-0.39, 0.29) is 17.7 Å². The highest BCUT2D eigenvalue weighted by atomic mass is 16.2. The Balaban J connectivity index is 1.99. The van der Waals surface area contributed by atoms with Gasteiger partial charge < -0.3 is 16.0 Å². The third kappa shape index (κ3) is 4.04. The molecule has 21 heavy (non-hydrogen) atoms. The molecular weight excluding hydrogens is 270 g/mol. The van der Waals surface area contributed by atoms with Crippen molar-refractivity contribution in [1.29, 1.82) is 0 Å². The van der Waals surface area contributed by atoms with Crippen molar-refractivity contribution < 1.29 is 9.59 Å². The normalized spacial score (nSPS) is 19.5. The van der Waals surface area contributed by atoms with Crippen LogP contribution < -0.4 is 16.0 Å². The first-order chi connectivity index (χ1) is 9.97. The van der Waals surface area contributed by atoms with Gasteiger partial charge in [-0.3, -0.25) is 14.3 Å². The average molecular weight is 293 g/mol. The van der Waals surface area contributed by atoms with Crippen molar-refractivity contribution >= 4 is 17.6 Å². The molecule has 7 nitrogen and oxygen atoms in total. The SMILES string of the molecule is CC(=O)N[C@@H](C(=O)Nc1ccn([C@H]2CCNC2)n1)C(C)C. The molecule has 0 radical (unpaired) electrons. The molecule has 1 aliphatic heterocycles. The number of nitrogens with one attached hydrogen (secondary N) is 3. The Morgan fingerprint density at radius 2 is 2.24 bits per heavy atom. The summed E-state index contributed by atoms with van der Waals surface area (Å²) in [4.78, 5) is 23.4. The highest BCUT2D eigenvalue weighted by Crippen LogP contribution is 2.16. The lowest BCUT2D eigenvalue weighted by molar-refractivity contribution is -0.126. The molecule has 0 unspecified atom stereocenters. The van der Waals surface area contributed by atoms with Gasteiger partial charge in [0.15, 0.2) is 5.82 Å². The van der Waals surface area contributed by atoms with Crippen LogP contribution in [0.25, 0.3) is 0 Å². The molecule has 2 atom stereocenters. The summed E-state index contributed by atoms with van der Waals surface area (Å²) in [6.45, 7) is 7.08. The van der Waals surface area contributed by atoms with Crippen LogP contribution in [0.1, 0.15) is 33.2 Å². The molecule has 0 aliphatic carbocycles. The second-order valence-corrected chi connectivity index (χ2v) is 5.74. The van der Waals surface area contributed by atoms with E-state index in [1.165, 1.54) is 6.92 Å². The lowest BCUT2D eigenvalue weighted by Crippen LogP contribution is -2.46. The number of anilines is 1. The first kappa shape index (κ1) is 15.5. The van der Waals surface area contributed by atoms with Crippen LogP contribution in [0.5, 0.6) is 0 Å². The van der Waals surface area contributed by atoms with Crippen LogP contribution in [-0.2, 0) is 9.59 Å². The summed E-state index contributed by atoms with van der Waals surface area (Å²) in [7, 11) is 0. The number of amides is 2. The van der Waals surface area contributed by atoms with Gasteiger partial charge in [-0.25, -0.2) is 0 Å². The average Bonchev–Trinajstić information content (AvgIpc) is 3.05. The van der Waals surface area contributed by atoms with Crippen molar-refractivity contribution in [2.45, 2.75) is 39.3 Å². The van der Waals surface area contributed by atoms with Crippen LogP contribution in [0, 0.1) is 5.92 Å². The second kappa shape index (κ2) is 6.71. The zero-order valence-corrected chi connectivity index (χ0v) is 12.7. The van der Waals surface area contributed by atoms with Gasteiger partial charge in [-0.05, 0) is 18.9 Å². The number of rotatable bonds is 5. The minimum Gasteiger partial charge on any atom is -0.344 e. The summed E-state index contributed by atoms with van der Waals surface area (Å²) in [5, 5.41) is 13.1. The van der Waals surface area contributed by atoms with Crippen LogP contribution in [0.15, 0.2) is 12.3 Å². The summed E-state index contributed by atoms with van der Waals surface area (Å²) < 4.78 is 1.87. The van der Waals surface area contributed by atoms with Gasteiger partial charge in [0.1, 0.15) is 6.04 Å². The molecular formula is C14H23N5O2. The Hall–Kier alpha value is -1.89. The fourth-order valence-corrected chi connectivity index (χ4v) is 2.43. The first-order valence-electron chi connectivity index (χ1n) is 7.31. The van der Waals surface area contributed by atoms with Gasteiger partial charge in [0.2, 0.25) is 11.8 Å². The lowest BCUT2D eigenvalue weighted by atomic mass is 10.0. The molecule has 1 fully saturated rings. The zero-order valence-electron chi connectivity index (χ0n) is 12.7. The molecule has 116 valence electrons. The molecule has 7 heteroatoms. The molecule has 2 amide bonds. The van der Waals surface area contributed by atoms with Gasteiger partial charge in [-0.2, -0.15) is 5.10 Å². The minimum absolute atomic E-state index is 0.00928. The highest BCUT2D eigenvalue weighted by Gasteiger charge is 2.24. The molecule has 0 bridgehead atoms. The van der Waals surface area contributed by atoms with E-state index < -0.39 is 6.04 Å². The number of carbonyl (C=O) groups is 2. The molecule has 2 heterocycles. The van der Waals surface area contributed by atoms with Crippen LogP contribution >= 0.6 is 0 Å². The Bertz CT molecular complexity index is 505. The third-order valence-corrected chi connectivity index (χ3v) is 3.58. The Kier molecular flexibility index (Phi) is 4.95. The number of carbonyl (C=O) groups excluding carboxylic acids is 2. The maximum Gasteiger partial charge on any atom is 0.248 e. The summed E-state index contributed by atoms with van der Waals surface area (Å²) >= 11 is 0. The summed E-state index contributed by atoms with van der Waals surface area (Å²) in [6, 6.07) is 1.56. The minimum atomic E-state index is -0.555. The predicted molar refractivity (Wildman–Crippen MR) is 79.8 cm³/mol. The van der Waals surface area contributed by atoms with Crippen molar-refractivity contribution in [3.05, 3.63) is 12.3 Å². The molecule has 3 N–H and O–H groups in total. The highest BCUT2D eigenvalue weighted by molar-refractivity contribution is 5.96. The van der Waals surface area contributed by atoms with Gasteiger partial charge >= 0.3 is 0 Å². The van der Waals surface area contributed by atoms with Crippen LogP contribution in [0.4, 0.5) is 5.82 Å². The first-order valence-corrected chi connectivity index (χ1v) is 7.31. The molecule has 2 rings (SSSR count). The van der Waals surface area contributed by atoms with Crippen molar-refractivity contribution in [1.82, 2.24) is 20.4 Å². The van der Waals surface area contributed by atoms with E-state index in [4.69, 9.17) is 0 Å². The second-order valence-electron chi connectivity index (χ2n) is 5.74. The van der Waals surface area contributed by atoms with Gasteiger partial charge in [-0.1, -0.05) is 13.8 Å². The number of aromatic nitrogens is 2. The van der Waals surface area contributed by atoms with Gasteiger partial charge in [-0.15, -0.1) is 0 Å². The zero-order chi connectivity index (χ0) is 15.4. The van der Waals surface area contributed by atoms with E-state index in [1.807, 2.05) is 24.7 Å². The summed E-state index contributed by atoms with van der Waals surface area (Å²) in [5.41, 5.74) is 0. The lowest BCUT2D eigenvalue weighted by Gasteiger charge is -2.20. The third-order valence-electron chi connectivity index (χ3n) is 3.58. The maximum absolute atomic E-state index is 12.2. The van der Waals surface area contributed by atoms with E-state index in [2.05, 4.69) is 21.0 Å². The smallest absolute Gasteiger partial charge is 0.248 e. The molecule has 1 saturated heterocycles. The van der Waals surface area contributed by atoms with Crippen molar-refractivity contribution in [2.24, 2.45) is 5.92 Å². The largest absolute Gasteiger partial charge is 0.344 e. The Labute approximate surface area is 124 Å². The Morgan fingerprint density at radius 3 is 2.81 bits per heavy atom. The maximum atomic E-state index is 12.2. The number of hydrogen-bond acceptors (Lipinski definition) is 4. The van der Waals surface area contributed by atoms with Gasteiger partial charge in [0.05, 0.1) is 6.04 Å². The van der Waals surface area contributed by atoms with Gasteiger partial charge in [0, 0.05) is 25.7 Å². The van der Waals surface area contributed by atoms with E-state index in [0.717, 1.165) is 19.5 Å². The van der Waals surface area contributed by atoms with E-state index in [9.17, 15) is 9.59 Å². The van der Waals surface area contributed by atoms with E-state index in [1.54, 1.807) is 6.07 Å². The summed E-state index contributed by atoms with van der Waals surface area (Å²) in [5.74, 6) is 0.0688. The van der Waals surface area contributed by atoms with E-state index in [0.29, 0.717) is 11.9 Å². The molecule has 0 saturated carbocycles.